The number of pyridine rings is 1. The van der Waals surface area contributed by atoms with Gasteiger partial charge >= 0.3 is 0 Å². The Morgan fingerprint density at radius 2 is 2.33 bits per heavy atom. The van der Waals surface area contributed by atoms with Crippen molar-refractivity contribution in [3.05, 3.63) is 35.7 Å². The second-order valence-corrected chi connectivity index (χ2v) is 5.41. The average Bonchev–Trinajstić information content (AvgIpc) is 3.22. The molecule has 0 unspecified atom stereocenters. The normalized spacial score (nSPS) is 19.8. The van der Waals surface area contributed by atoms with Gasteiger partial charge in [-0.25, -0.2) is 0 Å². The van der Waals surface area contributed by atoms with Crippen molar-refractivity contribution in [3.8, 4) is 0 Å². The third kappa shape index (κ3) is 2.91. The van der Waals surface area contributed by atoms with Crippen molar-refractivity contribution in [1.82, 2.24) is 10.3 Å². The lowest BCUT2D eigenvalue weighted by Gasteiger charge is -2.27. The molecule has 3 rings (SSSR count). The van der Waals surface area contributed by atoms with Gasteiger partial charge in [0.05, 0.1) is 5.69 Å². The first-order chi connectivity index (χ1) is 8.81. The summed E-state index contributed by atoms with van der Waals surface area (Å²) in [5.41, 5.74) is 3.97. The molecule has 1 aliphatic heterocycles. The van der Waals surface area contributed by atoms with Crippen LogP contribution in [0.1, 0.15) is 31.9 Å². The summed E-state index contributed by atoms with van der Waals surface area (Å²) in [5.74, 6) is 0. The zero-order valence-corrected chi connectivity index (χ0v) is 11.0. The number of rotatable bonds is 4. The van der Waals surface area contributed by atoms with Gasteiger partial charge < -0.3 is 10.2 Å². The van der Waals surface area contributed by atoms with E-state index in [0.717, 1.165) is 31.4 Å². The van der Waals surface area contributed by atoms with Crippen LogP contribution in [0, 0.1) is 0 Å². The fraction of sp³-hybridized carbons (Fsp3) is 0.533. The highest BCUT2D eigenvalue weighted by molar-refractivity contribution is 5.48. The maximum absolute atomic E-state index is 4.44. The largest absolute Gasteiger partial charge is 0.367 e. The Bertz CT molecular complexity index is 449. The van der Waals surface area contributed by atoms with Crippen LogP contribution < -0.4 is 10.2 Å². The van der Waals surface area contributed by atoms with Gasteiger partial charge in [-0.2, -0.15) is 0 Å². The van der Waals surface area contributed by atoms with E-state index in [4.69, 9.17) is 0 Å². The third-order valence-electron chi connectivity index (χ3n) is 3.75. The van der Waals surface area contributed by atoms with Crippen molar-refractivity contribution < 1.29 is 0 Å². The molecule has 0 saturated heterocycles. The first-order valence-electron chi connectivity index (χ1n) is 6.90. The predicted octanol–water partition coefficient (Wildman–Crippen LogP) is 2.49. The minimum atomic E-state index is 0.746. The van der Waals surface area contributed by atoms with Crippen molar-refractivity contribution in [2.45, 2.75) is 38.8 Å². The fourth-order valence-corrected chi connectivity index (χ4v) is 2.30. The van der Waals surface area contributed by atoms with Gasteiger partial charge in [0.15, 0.2) is 0 Å². The Hall–Kier alpha value is -1.35. The molecular weight excluding hydrogens is 222 g/mol. The first kappa shape index (κ1) is 11.7. The second kappa shape index (κ2) is 5.11. The van der Waals surface area contributed by atoms with E-state index >= 15 is 0 Å². The van der Waals surface area contributed by atoms with Crippen LogP contribution in [-0.2, 0) is 6.54 Å². The van der Waals surface area contributed by atoms with Crippen LogP contribution in [0.25, 0.3) is 0 Å². The lowest BCUT2D eigenvalue weighted by Crippen LogP contribution is -2.28. The highest BCUT2D eigenvalue weighted by Gasteiger charge is 2.20. The van der Waals surface area contributed by atoms with Crippen LogP contribution in [0.5, 0.6) is 0 Å². The van der Waals surface area contributed by atoms with Gasteiger partial charge in [-0.1, -0.05) is 11.6 Å². The summed E-state index contributed by atoms with van der Waals surface area (Å²) in [4.78, 5) is 6.87. The van der Waals surface area contributed by atoms with Crippen LogP contribution in [0.3, 0.4) is 0 Å². The molecular formula is C15H21N3. The Morgan fingerprint density at radius 1 is 1.44 bits per heavy atom. The molecule has 96 valence electrons. The van der Waals surface area contributed by atoms with E-state index < -0.39 is 0 Å². The van der Waals surface area contributed by atoms with Crippen LogP contribution in [0.15, 0.2) is 30.0 Å². The molecule has 18 heavy (non-hydrogen) atoms. The average molecular weight is 243 g/mol. The number of nitrogens with zero attached hydrogens (tertiary/aromatic N) is 2. The number of hydrogen-bond donors (Lipinski definition) is 1. The SMILES string of the molecule is CC1=CCN(c2ccnc(CNC3CC3)c2)CC1. The molecule has 2 aliphatic rings. The van der Waals surface area contributed by atoms with Crippen LogP contribution >= 0.6 is 0 Å². The van der Waals surface area contributed by atoms with Crippen LogP contribution in [0.4, 0.5) is 5.69 Å². The topological polar surface area (TPSA) is 28.2 Å². The van der Waals surface area contributed by atoms with E-state index in [0.29, 0.717) is 0 Å². The monoisotopic (exact) mass is 243 g/mol. The molecule has 1 aromatic rings. The van der Waals surface area contributed by atoms with E-state index in [1.54, 1.807) is 0 Å². The van der Waals surface area contributed by atoms with Gasteiger partial charge in [0, 0.05) is 37.6 Å². The summed E-state index contributed by atoms with van der Waals surface area (Å²) in [5, 5.41) is 3.52. The Balaban J connectivity index is 1.65. The Morgan fingerprint density at radius 3 is 3.06 bits per heavy atom. The minimum absolute atomic E-state index is 0.746. The highest BCUT2D eigenvalue weighted by Crippen LogP contribution is 2.21. The number of aromatic nitrogens is 1. The summed E-state index contributed by atoms with van der Waals surface area (Å²) < 4.78 is 0. The van der Waals surface area contributed by atoms with E-state index in [-0.39, 0.29) is 0 Å². The molecule has 1 fully saturated rings. The molecule has 0 atom stereocenters. The maximum atomic E-state index is 4.44. The van der Waals surface area contributed by atoms with Crippen LogP contribution in [0.2, 0.25) is 0 Å². The van der Waals surface area contributed by atoms with Gasteiger partial charge in [0.1, 0.15) is 0 Å². The molecule has 2 heterocycles. The molecule has 3 heteroatoms. The van der Waals surface area contributed by atoms with Crippen molar-refractivity contribution in [3.63, 3.8) is 0 Å². The smallest absolute Gasteiger partial charge is 0.0562 e. The summed E-state index contributed by atoms with van der Waals surface area (Å²) in [6.07, 6.45) is 8.10. The first-order valence-corrected chi connectivity index (χ1v) is 6.90. The quantitative estimate of drug-likeness (QED) is 0.824. The van der Waals surface area contributed by atoms with Gasteiger partial charge in [-0.15, -0.1) is 0 Å². The van der Waals surface area contributed by atoms with Crippen molar-refractivity contribution in [2.75, 3.05) is 18.0 Å². The van der Waals surface area contributed by atoms with Crippen molar-refractivity contribution in [2.24, 2.45) is 0 Å². The predicted molar refractivity (Wildman–Crippen MR) is 74.7 cm³/mol. The molecule has 1 saturated carbocycles. The molecule has 1 aliphatic carbocycles. The van der Waals surface area contributed by atoms with Gasteiger partial charge in [-0.3, -0.25) is 4.98 Å². The molecule has 1 aromatic heterocycles. The molecule has 0 radical (unpaired) electrons. The lowest BCUT2D eigenvalue weighted by molar-refractivity contribution is 0.673. The third-order valence-corrected chi connectivity index (χ3v) is 3.75. The lowest BCUT2D eigenvalue weighted by atomic mass is 10.1. The fourth-order valence-electron chi connectivity index (χ4n) is 2.30. The molecule has 0 amide bonds. The maximum Gasteiger partial charge on any atom is 0.0562 e. The molecule has 0 spiro atoms. The molecule has 1 N–H and O–H groups in total. The Labute approximate surface area is 109 Å². The van der Waals surface area contributed by atoms with Crippen molar-refractivity contribution in [1.29, 1.82) is 0 Å². The highest BCUT2D eigenvalue weighted by atomic mass is 15.1. The number of hydrogen-bond acceptors (Lipinski definition) is 3. The van der Waals surface area contributed by atoms with Crippen LogP contribution in [-0.4, -0.2) is 24.1 Å². The zero-order valence-electron chi connectivity index (χ0n) is 11.0. The van der Waals surface area contributed by atoms with Gasteiger partial charge in [0.2, 0.25) is 0 Å². The van der Waals surface area contributed by atoms with Gasteiger partial charge in [-0.05, 0) is 38.3 Å². The zero-order chi connectivity index (χ0) is 12.4. The minimum Gasteiger partial charge on any atom is -0.367 e. The summed E-state index contributed by atoms with van der Waals surface area (Å²) in [7, 11) is 0. The number of nitrogens with one attached hydrogen (secondary N) is 1. The Kier molecular flexibility index (Phi) is 3.33. The summed E-state index contributed by atoms with van der Waals surface area (Å²) in [6.45, 7) is 5.28. The molecule has 0 bridgehead atoms. The van der Waals surface area contributed by atoms with E-state index in [2.05, 4.69) is 40.3 Å². The van der Waals surface area contributed by atoms with E-state index in [1.165, 1.54) is 30.5 Å². The standard InChI is InChI=1S/C15H21N3/c1-12-5-8-18(9-6-12)15-4-7-16-14(10-15)11-17-13-2-3-13/h4-5,7,10,13,17H,2-3,6,8-9,11H2,1H3. The summed E-state index contributed by atoms with van der Waals surface area (Å²) >= 11 is 0. The van der Waals surface area contributed by atoms with E-state index in [9.17, 15) is 0 Å². The van der Waals surface area contributed by atoms with Gasteiger partial charge in [0.25, 0.3) is 0 Å². The number of anilines is 1. The second-order valence-electron chi connectivity index (χ2n) is 5.41. The molecule has 3 nitrogen and oxygen atoms in total. The summed E-state index contributed by atoms with van der Waals surface area (Å²) in [6, 6.07) is 5.09. The van der Waals surface area contributed by atoms with E-state index in [1.807, 2.05) is 6.20 Å². The molecule has 0 aromatic carbocycles. The van der Waals surface area contributed by atoms with Crippen molar-refractivity contribution >= 4 is 5.69 Å².